The van der Waals surface area contributed by atoms with Gasteiger partial charge in [0, 0.05) is 30.9 Å². The topological polar surface area (TPSA) is 158 Å². The summed E-state index contributed by atoms with van der Waals surface area (Å²) in [7, 11) is -2.95. The predicted octanol–water partition coefficient (Wildman–Crippen LogP) is 4.90. The van der Waals surface area contributed by atoms with Gasteiger partial charge < -0.3 is 15.1 Å². The van der Waals surface area contributed by atoms with Gasteiger partial charge in [0.05, 0.1) is 22.9 Å². The summed E-state index contributed by atoms with van der Waals surface area (Å²) in [5.74, 6) is -2.00. The van der Waals surface area contributed by atoms with E-state index >= 15 is 0 Å². The monoisotopic (exact) mass is 581 g/mol. The molecule has 0 radical (unpaired) electrons. The van der Waals surface area contributed by atoms with Gasteiger partial charge in [-0.05, 0) is 54.2 Å². The number of non-ortho nitro benzene ring substituents is 1. The van der Waals surface area contributed by atoms with Crippen LogP contribution in [-0.4, -0.2) is 53.3 Å². The van der Waals surface area contributed by atoms with Crippen molar-refractivity contribution in [1.82, 2.24) is 4.31 Å². The maximum absolute atomic E-state index is 13.6. The highest BCUT2D eigenvalue weighted by molar-refractivity contribution is 7.89. The van der Waals surface area contributed by atoms with Gasteiger partial charge in [0.25, 0.3) is 5.69 Å². The molecule has 2 N–H and O–H groups in total. The maximum Gasteiger partial charge on any atom is 0.339 e. The SMILES string of the molecule is CN(CC(=O)N(Cc1ccc(C2CCCCC2)cc1)c1ccc(C(=O)O)c(O)c1)S(=O)(=O)c1ccc([N+](=O)[O-])cc1. The molecule has 1 amide bonds. The first-order chi connectivity index (χ1) is 19.5. The molecule has 1 aliphatic rings. The number of hydrogen-bond acceptors (Lipinski definition) is 7. The van der Waals surface area contributed by atoms with Crippen molar-refractivity contribution in [2.75, 3.05) is 18.5 Å². The number of likely N-dealkylation sites (N-methyl/N-ethyl adjacent to an activating group) is 1. The summed E-state index contributed by atoms with van der Waals surface area (Å²) < 4.78 is 27.1. The highest BCUT2D eigenvalue weighted by Crippen LogP contribution is 2.33. The summed E-state index contributed by atoms with van der Waals surface area (Å²) >= 11 is 0. The minimum atomic E-state index is -4.17. The third-order valence-corrected chi connectivity index (χ3v) is 9.15. The number of carboxylic acids is 1. The summed E-state index contributed by atoms with van der Waals surface area (Å²) in [6, 6.07) is 15.9. The van der Waals surface area contributed by atoms with Crippen molar-refractivity contribution in [1.29, 1.82) is 0 Å². The number of hydrogen-bond donors (Lipinski definition) is 2. The van der Waals surface area contributed by atoms with E-state index in [1.54, 1.807) is 0 Å². The number of nitrogens with zero attached hydrogens (tertiary/aromatic N) is 3. The van der Waals surface area contributed by atoms with Crippen LogP contribution in [0.15, 0.2) is 71.6 Å². The van der Waals surface area contributed by atoms with E-state index in [9.17, 15) is 38.3 Å². The van der Waals surface area contributed by atoms with Crippen molar-refractivity contribution in [2.45, 2.75) is 49.5 Å². The van der Waals surface area contributed by atoms with Crippen molar-refractivity contribution >= 4 is 33.3 Å². The normalized spacial score (nSPS) is 14.1. The fourth-order valence-electron chi connectivity index (χ4n) is 4.99. The van der Waals surface area contributed by atoms with Gasteiger partial charge in [-0.2, -0.15) is 4.31 Å². The third-order valence-electron chi connectivity index (χ3n) is 7.34. The Balaban J connectivity index is 1.59. The first-order valence-electron chi connectivity index (χ1n) is 13.1. The van der Waals surface area contributed by atoms with Gasteiger partial charge in [-0.25, -0.2) is 13.2 Å². The van der Waals surface area contributed by atoms with Crippen molar-refractivity contribution in [3.8, 4) is 5.75 Å². The third kappa shape index (κ3) is 6.90. The Hall–Kier alpha value is -4.29. The fourth-order valence-corrected chi connectivity index (χ4v) is 6.11. The van der Waals surface area contributed by atoms with Crippen molar-refractivity contribution in [2.24, 2.45) is 0 Å². The number of nitro groups is 1. The highest BCUT2D eigenvalue weighted by atomic mass is 32.2. The van der Waals surface area contributed by atoms with E-state index in [4.69, 9.17) is 0 Å². The molecular formula is C29H31N3O8S. The number of benzene rings is 3. The lowest BCUT2D eigenvalue weighted by Gasteiger charge is -2.26. The Kier molecular flexibility index (Phi) is 9.04. The molecule has 3 aromatic carbocycles. The molecule has 0 atom stereocenters. The molecule has 1 aliphatic carbocycles. The van der Waals surface area contributed by atoms with E-state index in [0.717, 1.165) is 53.0 Å². The van der Waals surface area contributed by atoms with Crippen molar-refractivity contribution in [3.63, 3.8) is 0 Å². The largest absolute Gasteiger partial charge is 0.507 e. The molecule has 0 saturated heterocycles. The van der Waals surface area contributed by atoms with E-state index in [0.29, 0.717) is 5.92 Å². The van der Waals surface area contributed by atoms with E-state index in [1.165, 1.54) is 48.9 Å². The average Bonchev–Trinajstić information content (AvgIpc) is 2.96. The smallest absolute Gasteiger partial charge is 0.339 e. The number of phenols is 1. The van der Waals surface area contributed by atoms with Crippen LogP contribution in [0.5, 0.6) is 5.75 Å². The van der Waals surface area contributed by atoms with Crippen LogP contribution in [0, 0.1) is 10.1 Å². The van der Waals surface area contributed by atoms with Gasteiger partial charge >= 0.3 is 5.97 Å². The zero-order valence-electron chi connectivity index (χ0n) is 22.5. The first-order valence-corrected chi connectivity index (χ1v) is 14.6. The zero-order valence-corrected chi connectivity index (χ0v) is 23.3. The van der Waals surface area contributed by atoms with Crippen LogP contribution in [0.2, 0.25) is 0 Å². The molecule has 0 unspecified atom stereocenters. The Morgan fingerprint density at radius 1 is 0.976 bits per heavy atom. The lowest BCUT2D eigenvalue weighted by atomic mass is 9.84. The van der Waals surface area contributed by atoms with Crippen LogP contribution >= 0.6 is 0 Å². The maximum atomic E-state index is 13.6. The number of rotatable bonds is 10. The Morgan fingerprint density at radius 3 is 2.17 bits per heavy atom. The van der Waals surface area contributed by atoms with E-state index in [2.05, 4.69) is 0 Å². The average molecular weight is 582 g/mol. The van der Waals surface area contributed by atoms with E-state index in [1.807, 2.05) is 24.3 Å². The van der Waals surface area contributed by atoms with Gasteiger partial charge in [0.2, 0.25) is 15.9 Å². The lowest BCUT2D eigenvalue weighted by Crippen LogP contribution is -2.41. The molecule has 3 aromatic rings. The summed E-state index contributed by atoms with van der Waals surface area (Å²) in [5, 5.41) is 30.5. The Bertz CT molecular complexity index is 1530. The van der Waals surface area contributed by atoms with Crippen LogP contribution in [0.4, 0.5) is 11.4 Å². The molecule has 216 valence electrons. The number of carbonyl (C=O) groups is 2. The van der Waals surface area contributed by atoms with Gasteiger partial charge in [-0.1, -0.05) is 43.5 Å². The molecular weight excluding hydrogens is 550 g/mol. The standard InChI is InChI=1S/C29H31N3O8S/c1-30(41(39,40)25-14-11-23(12-15-25)32(37)38)19-28(34)31(24-13-16-26(29(35)36)27(33)17-24)18-20-7-9-22(10-8-20)21-5-3-2-4-6-21/h7-17,21,33H,2-6,18-19H2,1H3,(H,35,36). The number of anilines is 1. The number of nitro benzene ring substituents is 1. The van der Waals surface area contributed by atoms with Crippen LogP contribution in [0.1, 0.15) is 59.5 Å². The molecule has 41 heavy (non-hydrogen) atoms. The number of sulfonamides is 1. The molecule has 1 saturated carbocycles. The summed E-state index contributed by atoms with van der Waals surface area (Å²) in [6.07, 6.45) is 5.90. The number of carboxylic acid groups (broad SMARTS) is 1. The molecule has 0 heterocycles. The van der Waals surface area contributed by atoms with Gasteiger partial charge in [0.1, 0.15) is 11.3 Å². The summed E-state index contributed by atoms with van der Waals surface area (Å²) in [4.78, 5) is 36.3. The van der Waals surface area contributed by atoms with Gasteiger partial charge in [-0.3, -0.25) is 14.9 Å². The van der Waals surface area contributed by atoms with Crippen molar-refractivity contribution < 1.29 is 33.1 Å². The molecule has 0 aliphatic heterocycles. The zero-order chi connectivity index (χ0) is 29.7. The molecule has 12 heteroatoms. The van der Waals surface area contributed by atoms with Crippen LogP contribution in [0.25, 0.3) is 0 Å². The van der Waals surface area contributed by atoms with Crippen molar-refractivity contribution in [3.05, 3.63) is 93.5 Å². The van der Waals surface area contributed by atoms with Gasteiger partial charge in [0.15, 0.2) is 0 Å². The number of carbonyl (C=O) groups excluding carboxylic acids is 1. The second-order valence-electron chi connectivity index (χ2n) is 10.1. The molecule has 0 aromatic heterocycles. The van der Waals surface area contributed by atoms with Crippen LogP contribution in [-0.2, 0) is 21.4 Å². The molecule has 4 rings (SSSR count). The van der Waals surface area contributed by atoms with E-state index in [-0.39, 0.29) is 28.4 Å². The number of aromatic hydroxyl groups is 1. The highest BCUT2D eigenvalue weighted by Gasteiger charge is 2.27. The number of amides is 1. The van der Waals surface area contributed by atoms with Crippen LogP contribution in [0.3, 0.4) is 0 Å². The van der Waals surface area contributed by atoms with Gasteiger partial charge in [-0.15, -0.1) is 0 Å². The minimum Gasteiger partial charge on any atom is -0.507 e. The number of aromatic carboxylic acids is 1. The Morgan fingerprint density at radius 2 is 1.61 bits per heavy atom. The predicted molar refractivity (Wildman–Crippen MR) is 151 cm³/mol. The lowest BCUT2D eigenvalue weighted by molar-refractivity contribution is -0.384. The Labute approximate surface area is 237 Å². The second kappa shape index (κ2) is 12.5. The quantitative estimate of drug-likeness (QED) is 0.253. The summed E-state index contributed by atoms with van der Waals surface area (Å²) in [5.41, 5.74) is 1.57. The molecule has 0 bridgehead atoms. The summed E-state index contributed by atoms with van der Waals surface area (Å²) in [6.45, 7) is -0.540. The fraction of sp³-hybridized carbons (Fsp3) is 0.310. The molecule has 0 spiro atoms. The first kappa shape index (κ1) is 29.7. The molecule has 1 fully saturated rings. The molecule has 11 nitrogen and oxygen atoms in total. The second-order valence-corrected chi connectivity index (χ2v) is 12.1. The van der Waals surface area contributed by atoms with E-state index < -0.39 is 39.1 Å². The minimum absolute atomic E-state index is 0.0427. The van der Waals surface area contributed by atoms with Crippen LogP contribution < -0.4 is 4.90 Å².